The van der Waals surface area contributed by atoms with Crippen LogP contribution in [0.2, 0.25) is 0 Å². The van der Waals surface area contributed by atoms with Crippen molar-refractivity contribution in [3.63, 3.8) is 0 Å². The van der Waals surface area contributed by atoms with Crippen molar-refractivity contribution in [2.45, 2.75) is 39.0 Å². The van der Waals surface area contributed by atoms with E-state index in [4.69, 9.17) is 0 Å². The van der Waals surface area contributed by atoms with Crippen LogP contribution in [0.25, 0.3) is 10.2 Å². The second-order valence-electron chi connectivity index (χ2n) is 6.34. The van der Waals surface area contributed by atoms with E-state index in [-0.39, 0.29) is 18.4 Å². The molecule has 0 radical (unpaired) electrons. The molecule has 2 N–H and O–H groups in total. The van der Waals surface area contributed by atoms with Crippen LogP contribution in [0, 0.1) is 5.92 Å². The van der Waals surface area contributed by atoms with Crippen molar-refractivity contribution >= 4 is 37.5 Å². The third-order valence-electron chi connectivity index (χ3n) is 4.10. The van der Waals surface area contributed by atoms with Gasteiger partial charge in [-0.05, 0) is 30.7 Å². The van der Waals surface area contributed by atoms with Gasteiger partial charge in [0.2, 0.25) is 15.9 Å². The van der Waals surface area contributed by atoms with Crippen LogP contribution >= 0.6 is 11.3 Å². The van der Waals surface area contributed by atoms with Crippen LogP contribution < -0.4 is 10.3 Å². The molecule has 2 heterocycles. The van der Waals surface area contributed by atoms with Crippen molar-refractivity contribution in [2.75, 3.05) is 6.26 Å². The molecular weight excluding hydrogens is 350 g/mol. The molecule has 0 bridgehead atoms. The fraction of sp³-hybridized carbons (Fsp3) is 0.533. The molecule has 2 aromatic rings. The monoisotopic (exact) mass is 369 g/mol. The lowest BCUT2D eigenvalue weighted by atomic mass is 9.89. The zero-order valence-electron chi connectivity index (χ0n) is 13.5. The van der Waals surface area contributed by atoms with Gasteiger partial charge in [-0.25, -0.2) is 13.4 Å². The number of thiophene rings is 1. The highest BCUT2D eigenvalue weighted by Crippen LogP contribution is 2.35. The van der Waals surface area contributed by atoms with E-state index in [0.29, 0.717) is 22.0 Å². The predicted octanol–water partition coefficient (Wildman–Crippen LogP) is 1.12. The summed E-state index contributed by atoms with van der Waals surface area (Å²) in [6.45, 7) is 2.21. The van der Waals surface area contributed by atoms with Crippen molar-refractivity contribution in [2.24, 2.45) is 5.92 Å². The van der Waals surface area contributed by atoms with Gasteiger partial charge in [0.15, 0.2) is 0 Å². The number of rotatable bonds is 4. The third kappa shape index (κ3) is 3.67. The number of hydrogen-bond acceptors (Lipinski definition) is 6. The quantitative estimate of drug-likeness (QED) is 0.839. The summed E-state index contributed by atoms with van der Waals surface area (Å²) >= 11 is 1.55. The Balaban J connectivity index is 1.84. The number of nitrogens with one attached hydrogen (secondary N) is 2. The molecule has 0 spiro atoms. The maximum atomic E-state index is 12.4. The number of aromatic nitrogens is 2. The summed E-state index contributed by atoms with van der Waals surface area (Å²) in [6, 6.07) is 0. The zero-order chi connectivity index (χ0) is 17.5. The molecule has 0 saturated heterocycles. The van der Waals surface area contributed by atoms with E-state index in [9.17, 15) is 18.0 Å². The number of carbonyl (C=O) groups is 1. The van der Waals surface area contributed by atoms with Gasteiger partial charge in [0.05, 0.1) is 11.6 Å². The number of sulfonamides is 1. The van der Waals surface area contributed by atoms with Gasteiger partial charge in [-0.2, -0.15) is 0 Å². The highest BCUT2D eigenvalue weighted by Gasteiger charge is 2.23. The van der Waals surface area contributed by atoms with Gasteiger partial charge in [0, 0.05) is 17.7 Å². The van der Waals surface area contributed by atoms with Crippen molar-refractivity contribution in [3.05, 3.63) is 26.6 Å². The third-order valence-corrected chi connectivity index (χ3v) is 5.85. The Bertz CT molecular complexity index is 959. The standard InChI is InChI=1S/C15H19N3O4S2/c1-8-3-4-9-10(7-8)23-15-13(9)14(20)16-11(17-15)5-6-12(19)18-24(2,21)22/h8H,3-7H2,1-2H3,(H,18,19)(H,16,17,20). The topological polar surface area (TPSA) is 109 Å². The van der Waals surface area contributed by atoms with E-state index in [1.165, 1.54) is 4.88 Å². The average molecular weight is 369 g/mol. The number of aromatic amines is 1. The van der Waals surface area contributed by atoms with E-state index >= 15 is 0 Å². The molecule has 1 unspecified atom stereocenters. The smallest absolute Gasteiger partial charge is 0.259 e. The summed E-state index contributed by atoms with van der Waals surface area (Å²) in [6.07, 6.45) is 4.01. The van der Waals surface area contributed by atoms with Crippen LogP contribution in [0.5, 0.6) is 0 Å². The second kappa shape index (κ2) is 6.29. The normalized spacial score (nSPS) is 17.7. The number of hydrogen-bond donors (Lipinski definition) is 2. The summed E-state index contributed by atoms with van der Waals surface area (Å²) in [5, 5.41) is 0.672. The molecule has 130 valence electrons. The number of carbonyl (C=O) groups excluding carboxylic acids is 1. The highest BCUT2D eigenvalue weighted by molar-refractivity contribution is 7.89. The number of aryl methyl sites for hydroxylation is 2. The van der Waals surface area contributed by atoms with Crippen molar-refractivity contribution < 1.29 is 13.2 Å². The molecule has 1 aliphatic rings. The Labute approximate surface area is 143 Å². The Morgan fingerprint density at radius 3 is 2.92 bits per heavy atom. The van der Waals surface area contributed by atoms with Crippen LogP contribution in [0.15, 0.2) is 4.79 Å². The van der Waals surface area contributed by atoms with E-state index in [0.717, 1.165) is 31.1 Å². The van der Waals surface area contributed by atoms with Crippen molar-refractivity contribution in [1.29, 1.82) is 0 Å². The molecule has 1 aliphatic carbocycles. The molecular formula is C15H19N3O4S2. The number of amides is 1. The van der Waals surface area contributed by atoms with Crippen molar-refractivity contribution in [1.82, 2.24) is 14.7 Å². The lowest BCUT2D eigenvalue weighted by Gasteiger charge is -2.17. The molecule has 0 aromatic carbocycles. The van der Waals surface area contributed by atoms with Gasteiger partial charge in [0.1, 0.15) is 10.7 Å². The summed E-state index contributed by atoms with van der Waals surface area (Å²) in [7, 11) is -3.57. The van der Waals surface area contributed by atoms with E-state index in [1.54, 1.807) is 11.3 Å². The Kier molecular flexibility index (Phi) is 4.48. The Hall–Kier alpha value is -1.74. The molecule has 1 amide bonds. The Morgan fingerprint density at radius 2 is 2.21 bits per heavy atom. The SMILES string of the molecule is CC1CCc2c(sc3nc(CCC(=O)NS(C)(=O)=O)[nH]c(=O)c23)C1. The second-order valence-corrected chi connectivity index (χ2v) is 9.17. The van der Waals surface area contributed by atoms with Crippen LogP contribution in [0.3, 0.4) is 0 Å². The fourth-order valence-corrected chi connectivity index (χ4v) is 4.92. The molecule has 0 aliphatic heterocycles. The molecule has 3 rings (SSSR count). The van der Waals surface area contributed by atoms with Gasteiger partial charge >= 0.3 is 0 Å². The van der Waals surface area contributed by atoms with Gasteiger partial charge in [0.25, 0.3) is 5.56 Å². The maximum Gasteiger partial charge on any atom is 0.259 e. The van der Waals surface area contributed by atoms with Crippen LogP contribution in [0.4, 0.5) is 0 Å². The predicted molar refractivity (Wildman–Crippen MR) is 92.7 cm³/mol. The first kappa shape index (κ1) is 17.1. The van der Waals surface area contributed by atoms with Crippen LogP contribution in [0.1, 0.15) is 36.0 Å². The molecule has 1 atom stereocenters. The summed E-state index contributed by atoms with van der Waals surface area (Å²) in [4.78, 5) is 33.1. The first-order chi connectivity index (χ1) is 11.2. The molecule has 24 heavy (non-hydrogen) atoms. The molecule has 0 saturated carbocycles. The summed E-state index contributed by atoms with van der Waals surface area (Å²) in [5.74, 6) is 0.408. The van der Waals surface area contributed by atoms with E-state index < -0.39 is 15.9 Å². The van der Waals surface area contributed by atoms with Crippen LogP contribution in [-0.4, -0.2) is 30.5 Å². The molecule has 2 aromatic heterocycles. The number of H-pyrrole nitrogens is 1. The lowest BCUT2D eigenvalue weighted by Crippen LogP contribution is -2.29. The van der Waals surface area contributed by atoms with E-state index in [2.05, 4.69) is 16.9 Å². The highest BCUT2D eigenvalue weighted by atomic mass is 32.2. The van der Waals surface area contributed by atoms with Crippen LogP contribution in [-0.2, 0) is 34.1 Å². The maximum absolute atomic E-state index is 12.4. The first-order valence-corrected chi connectivity index (χ1v) is 10.5. The van der Waals surface area contributed by atoms with Gasteiger partial charge in [-0.1, -0.05) is 6.92 Å². The average Bonchev–Trinajstić information content (AvgIpc) is 2.80. The minimum atomic E-state index is -3.57. The number of fused-ring (bicyclic) bond motifs is 3. The molecule has 9 heteroatoms. The zero-order valence-corrected chi connectivity index (χ0v) is 15.1. The minimum Gasteiger partial charge on any atom is -0.310 e. The number of nitrogens with zero attached hydrogens (tertiary/aromatic N) is 1. The van der Waals surface area contributed by atoms with E-state index in [1.807, 2.05) is 4.72 Å². The Morgan fingerprint density at radius 1 is 1.46 bits per heavy atom. The minimum absolute atomic E-state index is 0.0519. The van der Waals surface area contributed by atoms with Gasteiger partial charge < -0.3 is 4.98 Å². The first-order valence-electron chi connectivity index (χ1n) is 7.77. The largest absolute Gasteiger partial charge is 0.310 e. The molecule has 7 nitrogen and oxygen atoms in total. The van der Waals surface area contributed by atoms with Gasteiger partial charge in [-0.15, -0.1) is 11.3 Å². The molecule has 0 fully saturated rings. The fourth-order valence-electron chi connectivity index (χ4n) is 3.00. The summed E-state index contributed by atoms with van der Waals surface area (Å²) in [5.41, 5.74) is 0.939. The summed E-state index contributed by atoms with van der Waals surface area (Å²) < 4.78 is 23.9. The van der Waals surface area contributed by atoms with Gasteiger partial charge in [-0.3, -0.25) is 14.3 Å². The lowest BCUT2D eigenvalue weighted by molar-refractivity contribution is -0.119. The van der Waals surface area contributed by atoms with Crippen molar-refractivity contribution in [3.8, 4) is 0 Å².